The Morgan fingerprint density at radius 1 is 1.14 bits per heavy atom. The Labute approximate surface area is 181 Å². The topological polar surface area (TPSA) is 41.6 Å². The van der Waals surface area contributed by atoms with Gasteiger partial charge in [-0.25, -0.2) is 0 Å². The molecule has 0 aromatic heterocycles. The van der Waals surface area contributed by atoms with Crippen molar-refractivity contribution in [2.24, 2.45) is 0 Å². The number of halogens is 1. The number of benzene rings is 2. The third-order valence-corrected chi connectivity index (χ3v) is 6.88. The highest BCUT2D eigenvalue weighted by molar-refractivity contribution is 9.10. The zero-order chi connectivity index (χ0) is 20.1. The summed E-state index contributed by atoms with van der Waals surface area (Å²) in [6.07, 6.45) is 3.88. The molecule has 1 atom stereocenters. The first-order valence-corrected chi connectivity index (χ1v) is 11.4. The second-order valence-electron chi connectivity index (χ2n) is 8.23. The highest BCUT2D eigenvalue weighted by atomic mass is 79.9. The van der Waals surface area contributed by atoms with Crippen LogP contribution in [0.1, 0.15) is 36.8 Å². The minimum absolute atomic E-state index is 0.0328. The van der Waals surface area contributed by atoms with E-state index in [0.717, 1.165) is 56.5 Å². The number of carbonyl (C=O) groups is 1. The maximum Gasteiger partial charge on any atom is 0.237 e. The maximum atomic E-state index is 13.1. The van der Waals surface area contributed by atoms with Crippen molar-refractivity contribution in [3.05, 3.63) is 70.2 Å². The normalized spacial score (nSPS) is 21.8. The molecule has 1 unspecified atom stereocenters. The fourth-order valence-electron chi connectivity index (χ4n) is 4.65. The van der Waals surface area contributed by atoms with Crippen LogP contribution in [0.25, 0.3) is 0 Å². The molecule has 0 bridgehead atoms. The number of hydrogen-bond acceptors (Lipinski definition) is 3. The summed E-state index contributed by atoms with van der Waals surface area (Å²) in [5, 5.41) is 3.32. The number of ether oxygens (including phenoxy) is 1. The molecule has 2 heterocycles. The van der Waals surface area contributed by atoms with Gasteiger partial charge in [-0.05, 0) is 55.5 Å². The van der Waals surface area contributed by atoms with Gasteiger partial charge in [-0.3, -0.25) is 9.69 Å². The minimum Gasteiger partial charge on any atom is -0.381 e. The molecule has 0 aliphatic carbocycles. The highest BCUT2D eigenvalue weighted by Crippen LogP contribution is 2.35. The number of likely N-dealkylation sites (tertiary alicyclic amines) is 1. The van der Waals surface area contributed by atoms with Crippen LogP contribution >= 0.6 is 15.9 Å². The molecule has 2 aliphatic rings. The van der Waals surface area contributed by atoms with Crippen LogP contribution in [-0.2, 0) is 21.5 Å². The van der Waals surface area contributed by atoms with Gasteiger partial charge in [-0.1, -0.05) is 58.4 Å². The van der Waals surface area contributed by atoms with E-state index in [1.807, 2.05) is 6.07 Å². The van der Waals surface area contributed by atoms with E-state index in [1.54, 1.807) is 0 Å². The van der Waals surface area contributed by atoms with E-state index >= 15 is 0 Å². The summed E-state index contributed by atoms with van der Waals surface area (Å²) >= 11 is 3.60. The van der Waals surface area contributed by atoms with E-state index in [4.69, 9.17) is 4.74 Å². The summed E-state index contributed by atoms with van der Waals surface area (Å²) in [6.45, 7) is 3.97. The van der Waals surface area contributed by atoms with Crippen molar-refractivity contribution in [1.29, 1.82) is 0 Å². The van der Waals surface area contributed by atoms with Crippen molar-refractivity contribution >= 4 is 21.8 Å². The van der Waals surface area contributed by atoms with E-state index in [1.165, 1.54) is 11.1 Å². The van der Waals surface area contributed by atoms with Crippen LogP contribution in [-0.4, -0.2) is 43.2 Å². The quantitative estimate of drug-likeness (QED) is 0.704. The van der Waals surface area contributed by atoms with Gasteiger partial charge in [-0.2, -0.15) is 0 Å². The molecule has 4 rings (SSSR count). The summed E-state index contributed by atoms with van der Waals surface area (Å²) < 4.78 is 6.71. The van der Waals surface area contributed by atoms with E-state index in [2.05, 4.69) is 74.7 Å². The Morgan fingerprint density at radius 3 is 2.69 bits per heavy atom. The molecule has 2 aliphatic heterocycles. The molecule has 154 valence electrons. The van der Waals surface area contributed by atoms with Gasteiger partial charge >= 0.3 is 0 Å². The smallest absolute Gasteiger partial charge is 0.237 e. The summed E-state index contributed by atoms with van der Waals surface area (Å²) in [5.41, 5.74) is 2.49. The zero-order valence-corrected chi connectivity index (χ0v) is 18.4. The first-order valence-electron chi connectivity index (χ1n) is 10.6. The second-order valence-corrected chi connectivity index (χ2v) is 9.15. The number of carbonyl (C=O) groups excluding carboxylic acids is 1. The van der Waals surface area contributed by atoms with Gasteiger partial charge in [0.15, 0.2) is 0 Å². The molecule has 4 nitrogen and oxygen atoms in total. The molecule has 5 heteroatoms. The Balaban J connectivity index is 1.43. The average molecular weight is 457 g/mol. The lowest BCUT2D eigenvalue weighted by Gasteiger charge is -2.38. The van der Waals surface area contributed by atoms with Gasteiger partial charge in [-0.15, -0.1) is 0 Å². The Hall–Kier alpha value is -1.69. The predicted molar refractivity (Wildman–Crippen MR) is 119 cm³/mol. The van der Waals surface area contributed by atoms with Crippen molar-refractivity contribution in [3.63, 3.8) is 0 Å². The molecular weight excluding hydrogens is 428 g/mol. The second kappa shape index (κ2) is 9.41. The summed E-state index contributed by atoms with van der Waals surface area (Å²) in [4.78, 5) is 15.5. The molecule has 1 N–H and O–H groups in total. The van der Waals surface area contributed by atoms with Gasteiger partial charge < -0.3 is 10.1 Å². The summed E-state index contributed by atoms with van der Waals surface area (Å²) in [7, 11) is 0. The van der Waals surface area contributed by atoms with Crippen molar-refractivity contribution in [2.75, 3.05) is 26.3 Å². The van der Waals surface area contributed by atoms with Crippen LogP contribution < -0.4 is 5.32 Å². The predicted octanol–water partition coefficient (Wildman–Crippen LogP) is 4.28. The van der Waals surface area contributed by atoms with Gasteiger partial charge in [0, 0.05) is 36.2 Å². The lowest BCUT2D eigenvalue weighted by molar-refractivity contribution is -0.126. The van der Waals surface area contributed by atoms with Gasteiger partial charge in [0.1, 0.15) is 0 Å². The largest absolute Gasteiger partial charge is 0.381 e. The highest BCUT2D eigenvalue weighted by Gasteiger charge is 2.37. The maximum absolute atomic E-state index is 13.1. The molecule has 0 radical (unpaired) electrons. The lowest BCUT2D eigenvalue weighted by atomic mass is 9.74. The van der Waals surface area contributed by atoms with Crippen LogP contribution in [0.2, 0.25) is 0 Å². The van der Waals surface area contributed by atoms with Crippen molar-refractivity contribution < 1.29 is 9.53 Å². The van der Waals surface area contributed by atoms with Crippen molar-refractivity contribution in [3.8, 4) is 0 Å². The molecule has 0 spiro atoms. The SMILES string of the molecule is O=C(NCC1(c2cccc(Br)c2)CCOCC1)C1CCCN1Cc1ccccc1. The molecule has 2 aromatic carbocycles. The number of rotatable bonds is 6. The van der Waals surface area contributed by atoms with Gasteiger partial charge in [0.05, 0.1) is 6.04 Å². The average Bonchev–Trinajstić information content (AvgIpc) is 3.22. The number of nitrogens with zero attached hydrogens (tertiary/aromatic N) is 1. The van der Waals surface area contributed by atoms with Crippen LogP contribution in [0, 0.1) is 0 Å². The first-order chi connectivity index (χ1) is 14.2. The minimum atomic E-state index is -0.0550. The summed E-state index contributed by atoms with van der Waals surface area (Å²) in [6, 6.07) is 18.9. The van der Waals surface area contributed by atoms with Crippen LogP contribution in [0.5, 0.6) is 0 Å². The summed E-state index contributed by atoms with van der Waals surface area (Å²) in [5.74, 6) is 0.166. The van der Waals surface area contributed by atoms with E-state index < -0.39 is 0 Å². The Morgan fingerprint density at radius 2 is 1.93 bits per heavy atom. The lowest BCUT2D eigenvalue weighted by Crippen LogP contribution is -2.49. The Kier molecular flexibility index (Phi) is 6.68. The van der Waals surface area contributed by atoms with E-state index in [-0.39, 0.29) is 17.4 Å². The molecule has 1 amide bonds. The fourth-order valence-corrected chi connectivity index (χ4v) is 5.05. The molecule has 2 saturated heterocycles. The Bertz CT molecular complexity index is 821. The van der Waals surface area contributed by atoms with E-state index in [9.17, 15) is 4.79 Å². The molecular formula is C24H29BrN2O2. The fraction of sp³-hybridized carbons (Fsp3) is 0.458. The van der Waals surface area contributed by atoms with Crippen LogP contribution in [0.4, 0.5) is 0 Å². The molecule has 29 heavy (non-hydrogen) atoms. The van der Waals surface area contributed by atoms with Crippen LogP contribution in [0.15, 0.2) is 59.1 Å². The van der Waals surface area contributed by atoms with Gasteiger partial charge in [0.25, 0.3) is 0 Å². The third-order valence-electron chi connectivity index (χ3n) is 6.38. The van der Waals surface area contributed by atoms with Crippen molar-refractivity contribution in [2.45, 2.75) is 43.7 Å². The zero-order valence-electron chi connectivity index (χ0n) is 16.8. The number of nitrogens with one attached hydrogen (secondary N) is 1. The number of amides is 1. The van der Waals surface area contributed by atoms with E-state index in [0.29, 0.717) is 6.54 Å². The third kappa shape index (κ3) is 4.90. The molecule has 2 fully saturated rings. The first kappa shape index (κ1) is 20.6. The van der Waals surface area contributed by atoms with Crippen LogP contribution in [0.3, 0.4) is 0 Å². The monoisotopic (exact) mass is 456 g/mol. The number of hydrogen-bond donors (Lipinski definition) is 1. The molecule has 2 aromatic rings. The molecule has 0 saturated carbocycles. The van der Waals surface area contributed by atoms with Crippen molar-refractivity contribution in [1.82, 2.24) is 10.2 Å². The standard InChI is InChI=1S/C24H29BrN2O2/c25-21-9-4-8-20(16-21)24(11-14-29-15-12-24)18-26-23(28)22-10-5-13-27(22)17-19-6-2-1-3-7-19/h1-4,6-9,16,22H,5,10-15,17-18H2,(H,26,28). The van der Waals surface area contributed by atoms with Gasteiger partial charge in [0.2, 0.25) is 5.91 Å².